The number of benzene rings is 2. The van der Waals surface area contributed by atoms with Gasteiger partial charge in [-0.2, -0.15) is 10.1 Å². The summed E-state index contributed by atoms with van der Waals surface area (Å²) in [5.41, 5.74) is 1.61. The van der Waals surface area contributed by atoms with Gasteiger partial charge in [0.15, 0.2) is 5.82 Å². The fourth-order valence-electron chi connectivity index (χ4n) is 4.09. The van der Waals surface area contributed by atoms with E-state index < -0.39 is 15.6 Å². The number of nitrogens with zero attached hydrogens (tertiary/aromatic N) is 5. The molecule has 4 aromatic rings. The Morgan fingerprint density at radius 2 is 1.97 bits per heavy atom. The minimum absolute atomic E-state index is 0.228. The van der Waals surface area contributed by atoms with Gasteiger partial charge in [0.1, 0.15) is 11.3 Å². The first-order chi connectivity index (χ1) is 15.5. The second-order valence-corrected chi connectivity index (χ2v) is 10.1. The van der Waals surface area contributed by atoms with Gasteiger partial charge in [-0.1, -0.05) is 6.07 Å². The minimum Gasteiger partial charge on any atom is -0.329 e. The number of hydrogen-bond donors (Lipinski definition) is 2. The van der Waals surface area contributed by atoms with E-state index in [0.717, 1.165) is 0 Å². The van der Waals surface area contributed by atoms with Crippen LogP contribution in [-0.4, -0.2) is 35.2 Å². The van der Waals surface area contributed by atoms with Crippen LogP contribution in [0, 0.1) is 5.82 Å². The lowest BCUT2D eigenvalue weighted by Gasteiger charge is -2.19. The highest BCUT2D eigenvalue weighted by atomic mass is 32.2. The number of rotatable bonds is 4. The third kappa shape index (κ3) is 3.58. The van der Waals surface area contributed by atoms with Gasteiger partial charge >= 0.3 is 0 Å². The van der Waals surface area contributed by atoms with Crippen molar-refractivity contribution in [3.63, 3.8) is 0 Å². The van der Waals surface area contributed by atoms with E-state index in [0.29, 0.717) is 33.7 Å². The van der Waals surface area contributed by atoms with E-state index in [4.69, 9.17) is 0 Å². The molecule has 0 atom stereocenters. The Kier molecular flexibility index (Phi) is 4.66. The van der Waals surface area contributed by atoms with E-state index in [-0.39, 0.29) is 16.7 Å². The number of fused-ring (bicyclic) bond motifs is 2. The third-order valence-corrected chi connectivity index (χ3v) is 7.43. The Morgan fingerprint density at radius 3 is 2.76 bits per heavy atom. The average Bonchev–Trinajstić information content (AvgIpc) is 3.21. The summed E-state index contributed by atoms with van der Waals surface area (Å²) < 4.78 is 43.7. The van der Waals surface area contributed by atoms with Crippen LogP contribution in [0.2, 0.25) is 0 Å². The second kappa shape index (κ2) is 7.22. The lowest BCUT2D eigenvalue weighted by molar-refractivity contribution is 0.494. The van der Waals surface area contributed by atoms with Crippen molar-refractivity contribution in [3.05, 3.63) is 60.2 Å². The van der Waals surface area contributed by atoms with Crippen molar-refractivity contribution in [1.29, 1.82) is 0 Å². The smallest absolute Gasteiger partial charge is 0.241 e. The highest BCUT2D eigenvalue weighted by Crippen LogP contribution is 2.37. The topological polar surface area (TPSA) is 105 Å². The zero-order chi connectivity index (χ0) is 23.5. The predicted octanol–water partition coefficient (Wildman–Crippen LogP) is 3.54. The van der Waals surface area contributed by atoms with E-state index in [1.807, 2.05) is 19.9 Å². The first-order valence-corrected chi connectivity index (χ1v) is 11.7. The summed E-state index contributed by atoms with van der Waals surface area (Å²) in [7, 11) is -0.118. The molecule has 0 aliphatic carbocycles. The van der Waals surface area contributed by atoms with Crippen LogP contribution in [0.25, 0.3) is 10.9 Å². The van der Waals surface area contributed by atoms with Gasteiger partial charge in [-0.3, -0.25) is 4.68 Å². The second-order valence-electron chi connectivity index (χ2n) is 8.50. The Bertz CT molecular complexity index is 1510. The monoisotopic (exact) mass is 467 g/mol. The molecule has 1 aliphatic heterocycles. The van der Waals surface area contributed by atoms with Crippen molar-refractivity contribution in [2.24, 2.45) is 7.05 Å². The van der Waals surface area contributed by atoms with E-state index in [9.17, 15) is 12.8 Å². The third-order valence-electron chi connectivity index (χ3n) is 5.73. The normalized spacial score (nSPS) is 16.0. The van der Waals surface area contributed by atoms with Gasteiger partial charge in [0.25, 0.3) is 0 Å². The zero-order valence-corrected chi connectivity index (χ0v) is 19.3. The van der Waals surface area contributed by atoms with Crippen molar-refractivity contribution in [2.45, 2.75) is 24.3 Å². The van der Waals surface area contributed by atoms with Crippen LogP contribution in [0.4, 0.5) is 27.5 Å². The maximum Gasteiger partial charge on any atom is 0.241 e. The predicted molar refractivity (Wildman–Crippen MR) is 124 cm³/mol. The fraction of sp³-hybridized carbons (Fsp3) is 0.227. The van der Waals surface area contributed by atoms with Crippen molar-refractivity contribution in [3.8, 4) is 0 Å². The Morgan fingerprint density at radius 1 is 1.18 bits per heavy atom. The van der Waals surface area contributed by atoms with Crippen LogP contribution in [0.3, 0.4) is 0 Å². The number of halogens is 1. The van der Waals surface area contributed by atoms with E-state index in [2.05, 4.69) is 25.1 Å². The van der Waals surface area contributed by atoms with Crippen molar-refractivity contribution >= 4 is 44.1 Å². The first kappa shape index (κ1) is 21.3. The van der Waals surface area contributed by atoms with Crippen LogP contribution in [0.5, 0.6) is 0 Å². The van der Waals surface area contributed by atoms with Gasteiger partial charge < -0.3 is 10.2 Å². The minimum atomic E-state index is -3.59. The molecule has 170 valence electrons. The summed E-state index contributed by atoms with van der Waals surface area (Å²) in [4.78, 5) is 10.7. The van der Waals surface area contributed by atoms with E-state index in [1.165, 1.54) is 10.7 Å². The summed E-state index contributed by atoms with van der Waals surface area (Å²) in [6.45, 7) is 3.63. The fourth-order valence-corrected chi connectivity index (χ4v) is 5.87. The molecule has 3 heterocycles. The molecule has 0 amide bonds. The molecule has 2 N–H and O–H groups in total. The highest BCUT2D eigenvalue weighted by molar-refractivity contribution is 7.89. The summed E-state index contributed by atoms with van der Waals surface area (Å²) in [5, 5.41) is 7.85. The largest absolute Gasteiger partial charge is 0.329 e. The summed E-state index contributed by atoms with van der Waals surface area (Å²) >= 11 is 0. The summed E-state index contributed by atoms with van der Waals surface area (Å²) in [6, 6.07) is 10.1. The van der Waals surface area contributed by atoms with E-state index in [1.54, 1.807) is 55.7 Å². The van der Waals surface area contributed by atoms with Crippen LogP contribution >= 0.6 is 0 Å². The van der Waals surface area contributed by atoms with Crippen LogP contribution in [-0.2, 0) is 22.6 Å². The molecule has 0 radical (unpaired) electrons. The molecule has 5 rings (SSSR count). The van der Waals surface area contributed by atoms with Gasteiger partial charge in [-0.15, -0.1) is 0 Å². The highest BCUT2D eigenvalue weighted by Gasteiger charge is 2.39. The SMILES string of the molecule is CN(c1cc(F)c2c(cnn2C)c1)c1ccnc(Nc2ccc3c(c2)S(=O)(=O)NC3(C)C)n1. The van der Waals surface area contributed by atoms with Crippen LogP contribution in [0.1, 0.15) is 19.4 Å². The van der Waals surface area contributed by atoms with Crippen LogP contribution in [0.15, 0.2) is 53.7 Å². The van der Waals surface area contributed by atoms with Crippen molar-refractivity contribution < 1.29 is 12.8 Å². The molecule has 0 bridgehead atoms. The molecule has 9 nitrogen and oxygen atoms in total. The number of aromatic nitrogens is 4. The molecule has 33 heavy (non-hydrogen) atoms. The summed E-state index contributed by atoms with van der Waals surface area (Å²) in [5.74, 6) is 0.439. The number of anilines is 4. The molecule has 1 aliphatic rings. The standard InChI is InChI=1S/C22H22FN7O2S/c1-22(2)16-6-5-14(10-18(16)33(31,32)28-22)26-21-24-8-7-19(27-21)29(3)15-9-13-12-25-30(4)20(13)17(23)11-15/h5-12,28H,1-4H3,(H,24,26,27). The Labute approximate surface area is 190 Å². The number of nitrogens with one attached hydrogen (secondary N) is 2. The van der Waals surface area contributed by atoms with Gasteiger partial charge in [-0.25, -0.2) is 22.5 Å². The van der Waals surface area contributed by atoms with Crippen molar-refractivity contribution in [1.82, 2.24) is 24.5 Å². The lowest BCUT2D eigenvalue weighted by atomic mass is 9.95. The molecular formula is C22H22FN7O2S. The van der Waals surface area contributed by atoms with Gasteiger partial charge in [0.2, 0.25) is 16.0 Å². The molecule has 0 fully saturated rings. The number of hydrogen-bond acceptors (Lipinski definition) is 7. The summed E-state index contributed by atoms with van der Waals surface area (Å²) in [6.07, 6.45) is 3.19. The molecule has 2 aromatic carbocycles. The van der Waals surface area contributed by atoms with Crippen molar-refractivity contribution in [2.75, 3.05) is 17.3 Å². The van der Waals surface area contributed by atoms with Gasteiger partial charge in [0.05, 0.1) is 16.6 Å². The maximum atomic E-state index is 14.6. The van der Waals surface area contributed by atoms with E-state index >= 15 is 0 Å². The molecule has 0 saturated heterocycles. The molecular weight excluding hydrogens is 445 g/mol. The molecule has 2 aromatic heterocycles. The molecule has 0 spiro atoms. The number of aryl methyl sites for hydroxylation is 1. The quantitative estimate of drug-likeness (QED) is 0.473. The Balaban J connectivity index is 1.45. The maximum absolute atomic E-state index is 14.6. The average molecular weight is 468 g/mol. The molecule has 0 saturated carbocycles. The molecule has 11 heteroatoms. The molecule has 0 unspecified atom stereocenters. The zero-order valence-electron chi connectivity index (χ0n) is 18.5. The number of sulfonamides is 1. The van der Waals surface area contributed by atoms with Gasteiger partial charge in [0, 0.05) is 37.1 Å². The first-order valence-electron chi connectivity index (χ1n) is 10.2. The Hall–Kier alpha value is -3.57. The van der Waals surface area contributed by atoms with Gasteiger partial charge in [-0.05, 0) is 49.7 Å². The lowest BCUT2D eigenvalue weighted by Crippen LogP contribution is -2.32. The van der Waals surface area contributed by atoms with Crippen LogP contribution < -0.4 is 14.9 Å².